The van der Waals surface area contributed by atoms with Crippen molar-refractivity contribution in [3.8, 4) is 0 Å². The number of allylic oxidation sites excluding steroid dienone is 1. The molecule has 1 nitrogen and oxygen atoms in total. The first kappa shape index (κ1) is 9.88. The lowest BCUT2D eigenvalue weighted by molar-refractivity contribution is 0.163. The molecule has 0 unspecified atom stereocenters. The minimum Gasteiger partial charge on any atom is -0.375 e. The van der Waals surface area contributed by atoms with Crippen molar-refractivity contribution in [3.63, 3.8) is 0 Å². The van der Waals surface area contributed by atoms with E-state index in [1.54, 1.807) is 12.1 Å². The number of rotatable bonds is 1. The van der Waals surface area contributed by atoms with Crippen molar-refractivity contribution >= 4 is 6.08 Å². The smallest absolute Gasteiger partial charge is 0.123 e. The Balaban J connectivity index is 1.87. The average Bonchev–Trinajstić information content (AvgIpc) is 2.30. The second-order valence-corrected chi connectivity index (χ2v) is 4.83. The molecule has 0 N–H and O–H groups in total. The predicted molar refractivity (Wildman–Crippen MR) is 63.3 cm³/mol. The zero-order valence-corrected chi connectivity index (χ0v) is 9.32. The van der Waals surface area contributed by atoms with Crippen LogP contribution in [0.1, 0.15) is 24.8 Å². The van der Waals surface area contributed by atoms with E-state index in [0.717, 1.165) is 11.5 Å². The Morgan fingerprint density at radius 1 is 1.25 bits per heavy atom. The Morgan fingerprint density at radius 2 is 2.06 bits per heavy atom. The molecule has 16 heavy (non-hydrogen) atoms. The third kappa shape index (κ3) is 1.84. The Hall–Kier alpha value is -1.31. The maximum Gasteiger partial charge on any atom is 0.123 e. The summed E-state index contributed by atoms with van der Waals surface area (Å²) in [6, 6.07) is 6.85. The molecule has 0 amide bonds. The van der Waals surface area contributed by atoms with Crippen molar-refractivity contribution < 1.29 is 4.39 Å². The number of hydrogen-bond donors (Lipinski definition) is 0. The van der Waals surface area contributed by atoms with Gasteiger partial charge in [-0.3, -0.25) is 0 Å². The summed E-state index contributed by atoms with van der Waals surface area (Å²) < 4.78 is 13.1. The number of benzene rings is 1. The molecule has 3 aliphatic rings. The summed E-state index contributed by atoms with van der Waals surface area (Å²) in [5.74, 6) is 0.718. The summed E-state index contributed by atoms with van der Waals surface area (Å²) in [6.45, 7) is 2.37. The monoisotopic (exact) mass is 217 g/mol. The van der Waals surface area contributed by atoms with Gasteiger partial charge < -0.3 is 4.90 Å². The minimum atomic E-state index is -0.148. The van der Waals surface area contributed by atoms with E-state index in [2.05, 4.69) is 11.0 Å². The molecule has 0 aliphatic carbocycles. The molecule has 1 aromatic rings. The standard InChI is InChI=1S/C14H16FN/c15-13-3-1-2-12(8-13)10-14-9-11-4-6-16(14)7-5-11/h1-3,8,10-11H,4-7,9H2. The molecule has 0 radical (unpaired) electrons. The SMILES string of the molecule is Fc1cccc(C=C2CC3CCN2CC3)c1. The van der Waals surface area contributed by atoms with Crippen molar-refractivity contribution in [3.05, 3.63) is 41.3 Å². The Bertz CT molecular complexity index is 416. The van der Waals surface area contributed by atoms with E-state index >= 15 is 0 Å². The van der Waals surface area contributed by atoms with Gasteiger partial charge in [0.15, 0.2) is 0 Å². The molecule has 4 rings (SSSR count). The lowest BCUT2D eigenvalue weighted by Gasteiger charge is -2.42. The summed E-state index contributed by atoms with van der Waals surface area (Å²) in [5.41, 5.74) is 2.38. The predicted octanol–water partition coefficient (Wildman–Crippen LogP) is 3.28. The Labute approximate surface area is 95.6 Å². The molecule has 0 atom stereocenters. The molecule has 3 saturated heterocycles. The van der Waals surface area contributed by atoms with E-state index in [1.807, 2.05) is 6.07 Å². The highest BCUT2D eigenvalue weighted by molar-refractivity contribution is 5.53. The maximum absolute atomic E-state index is 13.1. The molecular formula is C14H16FN. The fourth-order valence-corrected chi connectivity index (χ4v) is 2.79. The van der Waals surface area contributed by atoms with E-state index < -0.39 is 0 Å². The summed E-state index contributed by atoms with van der Waals surface area (Å²) in [5, 5.41) is 0. The lowest BCUT2D eigenvalue weighted by Crippen LogP contribution is -2.39. The van der Waals surface area contributed by atoms with Crippen LogP contribution >= 0.6 is 0 Å². The van der Waals surface area contributed by atoms with Crippen molar-refractivity contribution in [2.45, 2.75) is 19.3 Å². The average molecular weight is 217 g/mol. The van der Waals surface area contributed by atoms with Crippen molar-refractivity contribution in [2.75, 3.05) is 13.1 Å². The third-order valence-corrected chi connectivity index (χ3v) is 3.70. The highest BCUT2D eigenvalue weighted by Crippen LogP contribution is 2.35. The quantitative estimate of drug-likeness (QED) is 0.697. The Kier molecular flexibility index (Phi) is 2.43. The van der Waals surface area contributed by atoms with Gasteiger partial charge in [0.1, 0.15) is 5.82 Å². The third-order valence-electron chi connectivity index (χ3n) is 3.70. The van der Waals surface area contributed by atoms with E-state index in [-0.39, 0.29) is 5.82 Å². The van der Waals surface area contributed by atoms with Gasteiger partial charge in [0.2, 0.25) is 0 Å². The lowest BCUT2D eigenvalue weighted by atomic mass is 9.85. The van der Waals surface area contributed by atoms with E-state index in [4.69, 9.17) is 0 Å². The molecule has 1 aromatic carbocycles. The van der Waals surface area contributed by atoms with Crippen LogP contribution in [-0.4, -0.2) is 18.0 Å². The van der Waals surface area contributed by atoms with Gasteiger partial charge in [-0.15, -0.1) is 0 Å². The van der Waals surface area contributed by atoms with E-state index in [1.165, 1.54) is 44.1 Å². The molecular weight excluding hydrogens is 201 g/mol. The van der Waals surface area contributed by atoms with Gasteiger partial charge in [0, 0.05) is 18.8 Å². The second kappa shape index (κ2) is 3.93. The van der Waals surface area contributed by atoms with Crippen LogP contribution in [0.4, 0.5) is 4.39 Å². The summed E-state index contributed by atoms with van der Waals surface area (Å²) in [7, 11) is 0. The van der Waals surface area contributed by atoms with Crippen molar-refractivity contribution in [1.82, 2.24) is 4.90 Å². The topological polar surface area (TPSA) is 3.24 Å². The fourth-order valence-electron chi connectivity index (χ4n) is 2.79. The highest BCUT2D eigenvalue weighted by Gasteiger charge is 2.28. The first-order valence-electron chi connectivity index (χ1n) is 6.02. The van der Waals surface area contributed by atoms with Crippen LogP contribution in [0.25, 0.3) is 6.08 Å². The van der Waals surface area contributed by atoms with Gasteiger partial charge in [-0.1, -0.05) is 12.1 Å². The molecule has 2 heteroatoms. The molecule has 2 bridgehead atoms. The van der Waals surface area contributed by atoms with Crippen LogP contribution < -0.4 is 0 Å². The molecule has 0 spiro atoms. The number of halogens is 1. The largest absolute Gasteiger partial charge is 0.375 e. The minimum absolute atomic E-state index is 0.148. The zero-order valence-electron chi connectivity index (χ0n) is 9.32. The van der Waals surface area contributed by atoms with Crippen LogP contribution in [0.3, 0.4) is 0 Å². The number of piperidine rings is 3. The van der Waals surface area contributed by atoms with Gasteiger partial charge >= 0.3 is 0 Å². The van der Waals surface area contributed by atoms with Gasteiger partial charge in [0.05, 0.1) is 0 Å². The molecule has 3 fully saturated rings. The van der Waals surface area contributed by atoms with E-state index in [0.29, 0.717) is 0 Å². The van der Waals surface area contributed by atoms with E-state index in [9.17, 15) is 4.39 Å². The van der Waals surface area contributed by atoms with Gasteiger partial charge in [-0.2, -0.15) is 0 Å². The first-order valence-corrected chi connectivity index (χ1v) is 6.02. The molecule has 0 aromatic heterocycles. The van der Waals surface area contributed by atoms with Crippen LogP contribution in [0, 0.1) is 11.7 Å². The fraction of sp³-hybridized carbons (Fsp3) is 0.429. The summed E-state index contributed by atoms with van der Waals surface area (Å²) >= 11 is 0. The van der Waals surface area contributed by atoms with Gasteiger partial charge in [-0.25, -0.2) is 4.39 Å². The summed E-state index contributed by atoms with van der Waals surface area (Å²) in [6.07, 6.45) is 5.99. The van der Waals surface area contributed by atoms with Crippen LogP contribution in [0.15, 0.2) is 30.0 Å². The van der Waals surface area contributed by atoms with Crippen LogP contribution in [0.2, 0.25) is 0 Å². The highest BCUT2D eigenvalue weighted by atomic mass is 19.1. The number of nitrogens with zero attached hydrogens (tertiary/aromatic N) is 1. The van der Waals surface area contributed by atoms with Crippen LogP contribution in [-0.2, 0) is 0 Å². The summed E-state index contributed by atoms with van der Waals surface area (Å²) in [4.78, 5) is 2.45. The Morgan fingerprint density at radius 3 is 2.69 bits per heavy atom. The molecule has 0 saturated carbocycles. The zero-order chi connectivity index (χ0) is 11.0. The van der Waals surface area contributed by atoms with Crippen molar-refractivity contribution in [1.29, 1.82) is 0 Å². The van der Waals surface area contributed by atoms with Gasteiger partial charge in [0.25, 0.3) is 0 Å². The van der Waals surface area contributed by atoms with Gasteiger partial charge in [-0.05, 0) is 49.0 Å². The maximum atomic E-state index is 13.1. The molecule has 84 valence electrons. The number of hydrogen-bond acceptors (Lipinski definition) is 1. The second-order valence-electron chi connectivity index (χ2n) is 4.83. The molecule has 3 aliphatic heterocycles. The van der Waals surface area contributed by atoms with Crippen molar-refractivity contribution in [2.24, 2.45) is 5.92 Å². The number of fused-ring (bicyclic) bond motifs is 3. The molecule has 3 heterocycles. The van der Waals surface area contributed by atoms with Crippen LogP contribution in [0.5, 0.6) is 0 Å². The first-order chi connectivity index (χ1) is 7.81. The normalized spacial score (nSPS) is 23.1.